The predicted molar refractivity (Wildman–Crippen MR) is 135 cm³/mol. The molecule has 1 aliphatic rings. The molecule has 0 fully saturated rings. The zero-order valence-electron chi connectivity index (χ0n) is 20.5. The maximum absolute atomic E-state index is 14.4. The standard InChI is InChI=1S/C26H26FN7O3/c1-36-15-21(35)30-26-23(37-2)25(29-17-10-12-28-13-11-17)31-24(32-26)22-18-7-5-9-20(18)34(33-22)14-16-6-3-4-8-19(16)27/h3-4,6,8,10-13H,5,7,9,14-15H2,1-2H3,(H2,28,29,30,31,32,35). The summed E-state index contributed by atoms with van der Waals surface area (Å²) in [6.45, 7) is 0.146. The van der Waals surface area contributed by atoms with E-state index in [1.807, 2.05) is 10.7 Å². The van der Waals surface area contributed by atoms with Crippen LogP contribution in [-0.2, 0) is 28.9 Å². The fourth-order valence-corrected chi connectivity index (χ4v) is 4.40. The van der Waals surface area contributed by atoms with E-state index >= 15 is 0 Å². The molecule has 0 saturated heterocycles. The van der Waals surface area contributed by atoms with Crippen molar-refractivity contribution >= 4 is 23.2 Å². The molecule has 3 aromatic heterocycles. The summed E-state index contributed by atoms with van der Waals surface area (Å²) in [5.74, 6) is 0.431. The molecule has 37 heavy (non-hydrogen) atoms. The van der Waals surface area contributed by atoms with Crippen molar-refractivity contribution in [3.63, 3.8) is 0 Å². The zero-order chi connectivity index (χ0) is 25.8. The summed E-state index contributed by atoms with van der Waals surface area (Å²) >= 11 is 0. The zero-order valence-corrected chi connectivity index (χ0v) is 20.5. The Morgan fingerprint density at radius 3 is 2.62 bits per heavy atom. The number of aromatic nitrogens is 5. The lowest BCUT2D eigenvalue weighted by molar-refractivity contribution is -0.119. The highest BCUT2D eigenvalue weighted by Gasteiger charge is 2.27. The van der Waals surface area contributed by atoms with Gasteiger partial charge in [0.2, 0.25) is 5.75 Å². The Labute approximate surface area is 212 Å². The maximum atomic E-state index is 14.4. The molecule has 4 aromatic rings. The van der Waals surface area contributed by atoms with Crippen LogP contribution in [0.15, 0.2) is 48.8 Å². The van der Waals surface area contributed by atoms with E-state index in [2.05, 4.69) is 20.6 Å². The van der Waals surface area contributed by atoms with E-state index in [4.69, 9.17) is 19.6 Å². The largest absolute Gasteiger partial charge is 0.490 e. The SMILES string of the molecule is COCC(=O)Nc1nc(-c2nn(Cc3ccccc3F)c3c2CCC3)nc(Nc2ccncc2)c1OC. The molecule has 2 N–H and O–H groups in total. The average Bonchev–Trinajstić information content (AvgIpc) is 3.50. The van der Waals surface area contributed by atoms with Crippen molar-refractivity contribution in [1.82, 2.24) is 24.7 Å². The van der Waals surface area contributed by atoms with Gasteiger partial charge in [0.25, 0.3) is 5.91 Å². The van der Waals surface area contributed by atoms with Crippen LogP contribution in [0.25, 0.3) is 11.5 Å². The Balaban J connectivity index is 1.60. The van der Waals surface area contributed by atoms with Crippen LogP contribution in [-0.4, -0.2) is 51.5 Å². The lowest BCUT2D eigenvalue weighted by atomic mass is 10.2. The summed E-state index contributed by atoms with van der Waals surface area (Å²) in [7, 11) is 2.91. The van der Waals surface area contributed by atoms with Gasteiger partial charge in [0.15, 0.2) is 17.5 Å². The normalized spacial score (nSPS) is 12.3. The molecule has 0 saturated carbocycles. The van der Waals surface area contributed by atoms with Crippen LogP contribution < -0.4 is 15.4 Å². The van der Waals surface area contributed by atoms with Gasteiger partial charge in [-0.25, -0.2) is 14.4 Å². The molecule has 10 nitrogen and oxygen atoms in total. The van der Waals surface area contributed by atoms with Crippen molar-refractivity contribution in [2.75, 3.05) is 31.5 Å². The van der Waals surface area contributed by atoms with Crippen molar-refractivity contribution < 1.29 is 18.7 Å². The van der Waals surface area contributed by atoms with Gasteiger partial charge >= 0.3 is 0 Å². The van der Waals surface area contributed by atoms with Crippen molar-refractivity contribution in [1.29, 1.82) is 0 Å². The number of pyridine rings is 1. The Bertz CT molecular complexity index is 1430. The maximum Gasteiger partial charge on any atom is 0.251 e. The molecule has 3 heterocycles. The van der Waals surface area contributed by atoms with Crippen molar-refractivity contribution in [2.45, 2.75) is 25.8 Å². The molecule has 0 aliphatic heterocycles. The molecule has 1 amide bonds. The lowest BCUT2D eigenvalue weighted by Crippen LogP contribution is -2.19. The Kier molecular flexibility index (Phi) is 7.04. The minimum absolute atomic E-state index is 0.151. The number of hydrogen-bond donors (Lipinski definition) is 2. The second-order valence-electron chi connectivity index (χ2n) is 8.50. The van der Waals surface area contributed by atoms with Gasteiger partial charge in [-0.1, -0.05) is 18.2 Å². The van der Waals surface area contributed by atoms with Crippen LogP contribution in [0.1, 0.15) is 23.2 Å². The number of nitrogens with zero attached hydrogens (tertiary/aromatic N) is 5. The van der Waals surface area contributed by atoms with Crippen molar-refractivity contribution in [3.05, 3.63) is 71.4 Å². The molecule has 0 atom stereocenters. The molecular weight excluding hydrogens is 477 g/mol. The Morgan fingerprint density at radius 1 is 1.08 bits per heavy atom. The summed E-state index contributed by atoms with van der Waals surface area (Å²) in [4.78, 5) is 25.8. The third-order valence-electron chi connectivity index (χ3n) is 6.04. The lowest BCUT2D eigenvalue weighted by Gasteiger charge is -2.15. The number of rotatable bonds is 9. The van der Waals surface area contributed by atoms with Gasteiger partial charge in [-0.15, -0.1) is 0 Å². The van der Waals surface area contributed by atoms with Gasteiger partial charge in [-0.05, 0) is 37.5 Å². The fraction of sp³-hybridized carbons (Fsp3) is 0.269. The van der Waals surface area contributed by atoms with E-state index in [1.54, 1.807) is 36.7 Å². The number of anilines is 3. The van der Waals surface area contributed by atoms with Crippen molar-refractivity contribution in [3.8, 4) is 17.3 Å². The number of benzene rings is 1. The molecule has 1 aliphatic carbocycles. The van der Waals surface area contributed by atoms with Crippen LogP contribution in [0.3, 0.4) is 0 Å². The fourth-order valence-electron chi connectivity index (χ4n) is 4.40. The van der Waals surface area contributed by atoms with E-state index in [9.17, 15) is 9.18 Å². The van der Waals surface area contributed by atoms with E-state index in [0.717, 1.165) is 36.2 Å². The highest BCUT2D eigenvalue weighted by atomic mass is 19.1. The van der Waals surface area contributed by atoms with Gasteiger partial charge in [0, 0.05) is 42.0 Å². The number of amides is 1. The molecule has 1 aromatic carbocycles. The number of fused-ring (bicyclic) bond motifs is 1. The average molecular weight is 504 g/mol. The van der Waals surface area contributed by atoms with Crippen LogP contribution in [0.5, 0.6) is 5.75 Å². The highest BCUT2D eigenvalue weighted by molar-refractivity contribution is 5.93. The highest BCUT2D eigenvalue weighted by Crippen LogP contribution is 2.37. The van der Waals surface area contributed by atoms with E-state index in [1.165, 1.54) is 20.3 Å². The summed E-state index contributed by atoms with van der Waals surface area (Å²) in [6, 6.07) is 10.2. The topological polar surface area (TPSA) is 116 Å². The number of carbonyl (C=O) groups is 1. The molecule has 11 heteroatoms. The number of hydrogen-bond acceptors (Lipinski definition) is 8. The van der Waals surface area contributed by atoms with Crippen molar-refractivity contribution in [2.24, 2.45) is 0 Å². The monoisotopic (exact) mass is 503 g/mol. The minimum atomic E-state index is -0.393. The molecule has 190 valence electrons. The number of halogens is 1. The summed E-state index contributed by atoms with van der Waals surface area (Å²) in [5, 5.41) is 10.8. The third kappa shape index (κ3) is 5.12. The first-order valence-corrected chi connectivity index (χ1v) is 11.8. The quantitative estimate of drug-likeness (QED) is 0.355. The van der Waals surface area contributed by atoms with Gasteiger partial charge in [-0.2, -0.15) is 5.10 Å². The summed E-state index contributed by atoms with van der Waals surface area (Å²) in [5.41, 5.74) is 3.92. The number of carbonyl (C=O) groups excluding carboxylic acids is 1. The first kappa shape index (κ1) is 24.3. The van der Waals surface area contributed by atoms with E-state index in [-0.39, 0.29) is 24.0 Å². The molecule has 0 unspecified atom stereocenters. The number of methoxy groups -OCH3 is 2. The smallest absolute Gasteiger partial charge is 0.251 e. The molecule has 0 spiro atoms. The van der Waals surface area contributed by atoms with Crippen LogP contribution in [0.2, 0.25) is 0 Å². The van der Waals surface area contributed by atoms with Crippen LogP contribution >= 0.6 is 0 Å². The molecular formula is C26H26FN7O3. The first-order chi connectivity index (χ1) is 18.1. The Hall–Kier alpha value is -4.38. The second kappa shape index (κ2) is 10.7. The molecule has 0 radical (unpaired) electrons. The number of nitrogens with one attached hydrogen (secondary N) is 2. The van der Waals surface area contributed by atoms with Gasteiger partial charge in [-0.3, -0.25) is 14.5 Å². The molecule has 0 bridgehead atoms. The second-order valence-corrected chi connectivity index (χ2v) is 8.50. The predicted octanol–water partition coefficient (Wildman–Crippen LogP) is 3.75. The summed E-state index contributed by atoms with van der Waals surface area (Å²) in [6.07, 6.45) is 5.88. The molecule has 5 rings (SSSR count). The van der Waals surface area contributed by atoms with E-state index in [0.29, 0.717) is 29.4 Å². The third-order valence-corrected chi connectivity index (χ3v) is 6.04. The van der Waals surface area contributed by atoms with Crippen LogP contribution in [0.4, 0.5) is 21.7 Å². The Morgan fingerprint density at radius 2 is 1.86 bits per heavy atom. The summed E-state index contributed by atoms with van der Waals surface area (Å²) < 4.78 is 26.8. The minimum Gasteiger partial charge on any atom is -0.490 e. The number of ether oxygens (including phenoxy) is 2. The van der Waals surface area contributed by atoms with Gasteiger partial charge in [0.05, 0.1) is 13.7 Å². The van der Waals surface area contributed by atoms with Gasteiger partial charge < -0.3 is 20.1 Å². The van der Waals surface area contributed by atoms with Gasteiger partial charge in [0.1, 0.15) is 18.1 Å². The van der Waals surface area contributed by atoms with Crippen LogP contribution in [0, 0.1) is 5.82 Å². The van der Waals surface area contributed by atoms with E-state index < -0.39 is 5.91 Å². The first-order valence-electron chi connectivity index (χ1n) is 11.8.